The minimum atomic E-state index is -3.49. The predicted octanol–water partition coefficient (Wildman–Crippen LogP) is -0.310. The largest absolute Gasteiger partial charge is 0.480 e. The monoisotopic (exact) mass is 314 g/mol. The maximum Gasteiger partial charge on any atom is 0.326 e. The maximum absolute atomic E-state index is 11.7. The van der Waals surface area contributed by atoms with Crippen molar-refractivity contribution in [2.75, 3.05) is 19.8 Å². The normalized spacial score (nSPS) is 12.9. The number of nitrogens with zero attached hydrogens (tertiary/aromatic N) is 1. The fourth-order valence-electron chi connectivity index (χ4n) is 1.61. The van der Waals surface area contributed by atoms with Crippen molar-refractivity contribution in [2.45, 2.75) is 12.5 Å². The molecule has 0 aliphatic heterocycles. The highest BCUT2D eigenvalue weighted by Gasteiger charge is 2.22. The molecule has 0 fully saturated rings. The number of carbonyl (C=O) groups is 2. The van der Waals surface area contributed by atoms with Gasteiger partial charge in [-0.2, -0.15) is 4.31 Å². The Morgan fingerprint density at radius 2 is 1.86 bits per heavy atom. The summed E-state index contributed by atoms with van der Waals surface area (Å²) in [4.78, 5) is 22.9. The van der Waals surface area contributed by atoms with Crippen LogP contribution in [0.5, 0.6) is 0 Å². The first-order valence-electron chi connectivity index (χ1n) is 6.17. The summed E-state index contributed by atoms with van der Waals surface area (Å²) in [6.45, 7) is -0.419. The number of carbonyl (C=O) groups excluding carboxylic acids is 1. The number of aliphatic carboxylic acids is 1. The van der Waals surface area contributed by atoms with Gasteiger partial charge in [0.25, 0.3) is 0 Å². The van der Waals surface area contributed by atoms with Crippen molar-refractivity contribution in [1.29, 1.82) is 0 Å². The Hall–Kier alpha value is -1.93. The minimum Gasteiger partial charge on any atom is -0.480 e. The second kappa shape index (κ2) is 7.19. The highest BCUT2D eigenvalue weighted by Crippen LogP contribution is 2.04. The molecule has 0 aliphatic rings. The number of hydrogen-bond donors (Lipinski definition) is 2. The van der Waals surface area contributed by atoms with Crippen LogP contribution < -0.4 is 5.32 Å². The Bertz CT molecular complexity index is 600. The SMILES string of the molecule is CN(CC(=O)NC(Cc1ccccc1)C(=O)O)S(C)(=O)=O. The molecule has 7 nitrogen and oxygen atoms in total. The van der Waals surface area contributed by atoms with Crippen LogP contribution in [0.1, 0.15) is 5.56 Å². The van der Waals surface area contributed by atoms with Gasteiger partial charge in [0, 0.05) is 13.5 Å². The smallest absolute Gasteiger partial charge is 0.326 e. The van der Waals surface area contributed by atoms with Gasteiger partial charge in [0.1, 0.15) is 6.04 Å². The van der Waals surface area contributed by atoms with Crippen LogP contribution in [-0.4, -0.2) is 55.6 Å². The molecule has 2 N–H and O–H groups in total. The summed E-state index contributed by atoms with van der Waals surface area (Å²) in [6.07, 6.45) is 1.10. The number of rotatable bonds is 7. The Morgan fingerprint density at radius 3 is 2.33 bits per heavy atom. The number of likely N-dealkylation sites (N-methyl/N-ethyl adjacent to an activating group) is 1. The number of hydrogen-bond acceptors (Lipinski definition) is 4. The maximum atomic E-state index is 11.7. The van der Waals surface area contributed by atoms with Gasteiger partial charge >= 0.3 is 5.97 Å². The first-order chi connectivity index (χ1) is 9.70. The number of nitrogens with one attached hydrogen (secondary N) is 1. The zero-order valence-electron chi connectivity index (χ0n) is 11.8. The van der Waals surface area contributed by atoms with E-state index in [9.17, 15) is 18.0 Å². The van der Waals surface area contributed by atoms with E-state index in [0.29, 0.717) is 0 Å². The molecule has 21 heavy (non-hydrogen) atoms. The molecule has 1 aromatic carbocycles. The van der Waals surface area contributed by atoms with E-state index in [0.717, 1.165) is 16.1 Å². The lowest BCUT2D eigenvalue weighted by Gasteiger charge is -2.17. The van der Waals surface area contributed by atoms with Crippen molar-refractivity contribution in [1.82, 2.24) is 9.62 Å². The molecule has 8 heteroatoms. The highest BCUT2D eigenvalue weighted by molar-refractivity contribution is 7.88. The summed E-state index contributed by atoms with van der Waals surface area (Å²) in [5.74, 6) is -1.83. The molecule has 1 rings (SSSR count). The Balaban J connectivity index is 2.67. The molecular weight excluding hydrogens is 296 g/mol. The fourth-order valence-corrected chi connectivity index (χ4v) is 1.96. The van der Waals surface area contributed by atoms with Gasteiger partial charge in [-0.1, -0.05) is 30.3 Å². The van der Waals surface area contributed by atoms with E-state index in [-0.39, 0.29) is 6.42 Å². The molecular formula is C13H18N2O5S. The Kier molecular flexibility index (Phi) is 5.86. The lowest BCUT2D eigenvalue weighted by Crippen LogP contribution is -2.46. The Morgan fingerprint density at radius 1 is 1.29 bits per heavy atom. The second-order valence-electron chi connectivity index (χ2n) is 4.67. The van der Waals surface area contributed by atoms with E-state index in [1.54, 1.807) is 30.3 Å². The van der Waals surface area contributed by atoms with E-state index in [1.165, 1.54) is 7.05 Å². The standard InChI is InChI=1S/C13H18N2O5S/c1-15(21(2,19)20)9-12(16)14-11(13(17)18)8-10-6-4-3-5-7-10/h3-7,11H,8-9H2,1-2H3,(H,14,16)(H,17,18). The summed E-state index contributed by atoms with van der Waals surface area (Å²) in [5, 5.41) is 11.5. The van der Waals surface area contributed by atoms with E-state index in [1.807, 2.05) is 0 Å². The van der Waals surface area contributed by atoms with Gasteiger partial charge in [0.15, 0.2) is 0 Å². The van der Waals surface area contributed by atoms with Crippen molar-refractivity contribution in [3.8, 4) is 0 Å². The van der Waals surface area contributed by atoms with Crippen molar-refractivity contribution < 1.29 is 23.1 Å². The van der Waals surface area contributed by atoms with Crippen molar-refractivity contribution in [3.05, 3.63) is 35.9 Å². The third kappa shape index (κ3) is 5.92. The van der Waals surface area contributed by atoms with Gasteiger partial charge in [-0.3, -0.25) is 4.79 Å². The molecule has 0 radical (unpaired) electrons. The highest BCUT2D eigenvalue weighted by atomic mass is 32.2. The van der Waals surface area contributed by atoms with Crippen LogP contribution in [0.15, 0.2) is 30.3 Å². The molecule has 1 unspecified atom stereocenters. The van der Waals surface area contributed by atoms with E-state index in [4.69, 9.17) is 5.11 Å². The summed E-state index contributed by atoms with van der Waals surface area (Å²) < 4.78 is 23.3. The fraction of sp³-hybridized carbons (Fsp3) is 0.385. The average molecular weight is 314 g/mol. The number of amides is 1. The van der Waals surface area contributed by atoms with E-state index in [2.05, 4.69) is 5.32 Å². The van der Waals surface area contributed by atoms with Gasteiger partial charge in [-0.15, -0.1) is 0 Å². The summed E-state index contributed by atoms with van der Waals surface area (Å²) in [5.41, 5.74) is 0.765. The molecule has 0 bridgehead atoms. The van der Waals surface area contributed by atoms with Crippen LogP contribution in [-0.2, 0) is 26.0 Å². The number of carboxylic acid groups (broad SMARTS) is 1. The topological polar surface area (TPSA) is 104 Å². The zero-order valence-corrected chi connectivity index (χ0v) is 12.6. The lowest BCUT2D eigenvalue weighted by molar-refractivity contribution is -0.141. The molecule has 0 heterocycles. The third-order valence-electron chi connectivity index (χ3n) is 2.85. The van der Waals surface area contributed by atoms with E-state index < -0.39 is 34.5 Å². The summed E-state index contributed by atoms with van der Waals surface area (Å²) >= 11 is 0. The van der Waals surface area contributed by atoms with Crippen molar-refractivity contribution in [3.63, 3.8) is 0 Å². The van der Waals surface area contributed by atoms with Crippen molar-refractivity contribution >= 4 is 21.9 Å². The van der Waals surface area contributed by atoms with Crippen LogP contribution >= 0.6 is 0 Å². The second-order valence-corrected chi connectivity index (χ2v) is 6.76. The first-order valence-corrected chi connectivity index (χ1v) is 8.02. The predicted molar refractivity (Wildman–Crippen MR) is 77.2 cm³/mol. The van der Waals surface area contributed by atoms with Crippen LogP contribution in [0.3, 0.4) is 0 Å². The third-order valence-corrected chi connectivity index (χ3v) is 4.11. The van der Waals surface area contributed by atoms with Gasteiger partial charge < -0.3 is 10.4 Å². The quantitative estimate of drug-likeness (QED) is 0.718. The van der Waals surface area contributed by atoms with Crippen LogP contribution in [0.2, 0.25) is 0 Å². The van der Waals surface area contributed by atoms with Crippen LogP contribution in [0.4, 0.5) is 0 Å². The lowest BCUT2D eigenvalue weighted by atomic mass is 10.1. The van der Waals surface area contributed by atoms with E-state index >= 15 is 0 Å². The number of sulfonamides is 1. The Labute approximate surface area is 123 Å². The van der Waals surface area contributed by atoms with Crippen LogP contribution in [0.25, 0.3) is 0 Å². The number of benzene rings is 1. The van der Waals surface area contributed by atoms with Gasteiger partial charge in [0.2, 0.25) is 15.9 Å². The number of carboxylic acids is 1. The average Bonchev–Trinajstić information content (AvgIpc) is 2.37. The molecule has 0 saturated heterocycles. The zero-order chi connectivity index (χ0) is 16.0. The molecule has 0 aromatic heterocycles. The van der Waals surface area contributed by atoms with Gasteiger partial charge in [0.05, 0.1) is 12.8 Å². The molecule has 116 valence electrons. The molecule has 1 aromatic rings. The van der Waals surface area contributed by atoms with Crippen LogP contribution in [0, 0.1) is 0 Å². The molecule has 0 aliphatic carbocycles. The first kappa shape index (κ1) is 17.1. The molecule has 1 amide bonds. The minimum absolute atomic E-state index is 0.129. The summed E-state index contributed by atoms with van der Waals surface area (Å²) in [6, 6.07) is 7.75. The molecule has 1 atom stereocenters. The van der Waals surface area contributed by atoms with Gasteiger partial charge in [-0.25, -0.2) is 13.2 Å². The van der Waals surface area contributed by atoms with Gasteiger partial charge in [-0.05, 0) is 5.56 Å². The summed E-state index contributed by atoms with van der Waals surface area (Å²) in [7, 11) is -2.24. The molecule has 0 spiro atoms. The molecule has 0 saturated carbocycles. The van der Waals surface area contributed by atoms with Crippen molar-refractivity contribution in [2.24, 2.45) is 0 Å².